The molecule has 2 heterocycles. The van der Waals surface area contributed by atoms with E-state index >= 15 is 0 Å². The number of carbonyl (C=O) groups excluding carboxylic acids is 1. The van der Waals surface area contributed by atoms with Crippen LogP contribution in [0.3, 0.4) is 0 Å². The molecule has 0 unspecified atom stereocenters. The van der Waals surface area contributed by atoms with Crippen molar-refractivity contribution in [2.45, 2.75) is 32.0 Å². The van der Waals surface area contributed by atoms with Gasteiger partial charge in [0.1, 0.15) is 0 Å². The molecule has 6 nitrogen and oxygen atoms in total. The summed E-state index contributed by atoms with van der Waals surface area (Å²) in [6, 6.07) is 9.17. The summed E-state index contributed by atoms with van der Waals surface area (Å²) >= 11 is 10.7. The summed E-state index contributed by atoms with van der Waals surface area (Å²) in [5.41, 5.74) is 1.55. The van der Waals surface area contributed by atoms with Gasteiger partial charge in [-0.1, -0.05) is 29.4 Å². The van der Waals surface area contributed by atoms with Gasteiger partial charge in [-0.05, 0) is 66.5 Å². The number of benzene rings is 1. The Bertz CT molecular complexity index is 970. The first-order valence-electron chi connectivity index (χ1n) is 8.25. The molecule has 0 fully saturated rings. The second kappa shape index (κ2) is 8.50. The molecule has 1 N–H and O–H groups in total. The Morgan fingerprint density at radius 1 is 1.33 bits per heavy atom. The molecule has 27 heavy (non-hydrogen) atoms. The Balaban J connectivity index is 1.73. The van der Waals surface area contributed by atoms with Crippen LogP contribution in [0.15, 0.2) is 44.6 Å². The molecule has 0 bridgehead atoms. The molecule has 3 aromatic rings. The van der Waals surface area contributed by atoms with E-state index < -0.39 is 0 Å². The lowest BCUT2D eigenvalue weighted by Gasteiger charge is -2.13. The summed E-state index contributed by atoms with van der Waals surface area (Å²) in [5, 5.41) is 12.6. The zero-order valence-corrected chi connectivity index (χ0v) is 18.2. The third-order valence-corrected chi connectivity index (χ3v) is 5.63. The minimum atomic E-state index is -0.133. The van der Waals surface area contributed by atoms with Crippen LogP contribution < -0.4 is 5.32 Å². The zero-order valence-electron chi connectivity index (χ0n) is 15.0. The fraction of sp³-hybridized carbons (Fsp3) is 0.278. The van der Waals surface area contributed by atoms with Gasteiger partial charge in [0, 0.05) is 16.8 Å². The van der Waals surface area contributed by atoms with Crippen LogP contribution in [0.2, 0.25) is 5.02 Å². The van der Waals surface area contributed by atoms with Crippen LogP contribution in [-0.4, -0.2) is 26.4 Å². The zero-order chi connectivity index (χ0) is 19.6. The SMILES string of the molecule is Cc1c(Cl)cccc1NC(=O)CSc1nnc(-c2ccc(Br)o2)n1C(C)C. The monoisotopic (exact) mass is 468 g/mol. The van der Waals surface area contributed by atoms with Gasteiger partial charge in [0.05, 0.1) is 5.75 Å². The number of furan rings is 1. The molecule has 1 amide bonds. The molecule has 0 aliphatic rings. The Kier molecular flexibility index (Phi) is 6.29. The number of hydrogen-bond donors (Lipinski definition) is 1. The summed E-state index contributed by atoms with van der Waals surface area (Å²) in [7, 11) is 0. The van der Waals surface area contributed by atoms with Crippen molar-refractivity contribution in [2.24, 2.45) is 0 Å². The van der Waals surface area contributed by atoms with Crippen LogP contribution in [0.1, 0.15) is 25.5 Å². The predicted molar refractivity (Wildman–Crippen MR) is 111 cm³/mol. The van der Waals surface area contributed by atoms with Gasteiger partial charge in [0.15, 0.2) is 15.6 Å². The van der Waals surface area contributed by atoms with Crippen molar-refractivity contribution in [3.63, 3.8) is 0 Å². The first-order valence-corrected chi connectivity index (χ1v) is 10.4. The number of aromatic nitrogens is 3. The summed E-state index contributed by atoms with van der Waals surface area (Å²) in [4.78, 5) is 12.4. The van der Waals surface area contributed by atoms with E-state index in [9.17, 15) is 4.79 Å². The highest BCUT2D eigenvalue weighted by Crippen LogP contribution is 2.30. The van der Waals surface area contributed by atoms with E-state index in [1.165, 1.54) is 11.8 Å². The molecule has 0 saturated heterocycles. The van der Waals surface area contributed by atoms with Crippen LogP contribution in [0.25, 0.3) is 11.6 Å². The number of nitrogens with one attached hydrogen (secondary N) is 1. The molecule has 0 radical (unpaired) electrons. The van der Waals surface area contributed by atoms with Crippen molar-refractivity contribution in [1.82, 2.24) is 14.8 Å². The van der Waals surface area contributed by atoms with E-state index in [4.69, 9.17) is 16.0 Å². The normalized spacial score (nSPS) is 11.2. The number of rotatable bonds is 6. The number of anilines is 1. The third-order valence-electron chi connectivity index (χ3n) is 3.85. The highest BCUT2D eigenvalue weighted by molar-refractivity contribution is 9.10. The first kappa shape index (κ1) is 20.0. The van der Waals surface area contributed by atoms with E-state index in [0.717, 1.165) is 5.56 Å². The Hall–Kier alpha value is -1.77. The predicted octanol–water partition coefficient (Wildman–Crippen LogP) is 5.57. The molecule has 142 valence electrons. The van der Waals surface area contributed by atoms with E-state index in [1.807, 2.05) is 43.5 Å². The van der Waals surface area contributed by atoms with Gasteiger partial charge in [0.2, 0.25) is 11.7 Å². The van der Waals surface area contributed by atoms with Crippen LogP contribution >= 0.6 is 39.3 Å². The standard InChI is InChI=1S/C18H18BrClN4O2S/c1-10(2)24-17(14-7-8-15(19)26-14)22-23-18(24)27-9-16(25)21-13-6-4-5-12(20)11(13)3/h4-8,10H,9H2,1-3H3,(H,21,25). The molecule has 9 heteroatoms. The number of nitrogens with zero attached hydrogens (tertiary/aromatic N) is 3. The molecular formula is C18H18BrClN4O2S. The lowest BCUT2D eigenvalue weighted by molar-refractivity contribution is -0.113. The second-order valence-electron chi connectivity index (χ2n) is 6.12. The van der Waals surface area contributed by atoms with Crippen molar-refractivity contribution in [3.8, 4) is 11.6 Å². The Morgan fingerprint density at radius 3 is 2.78 bits per heavy atom. The third kappa shape index (κ3) is 4.56. The van der Waals surface area contributed by atoms with Crippen LogP contribution in [0.5, 0.6) is 0 Å². The molecule has 1 aromatic carbocycles. The topological polar surface area (TPSA) is 73.0 Å². The molecule has 2 aromatic heterocycles. The van der Waals surface area contributed by atoms with Crippen molar-refractivity contribution in [1.29, 1.82) is 0 Å². The summed E-state index contributed by atoms with van der Waals surface area (Å²) < 4.78 is 8.17. The molecule has 0 aliphatic carbocycles. The van der Waals surface area contributed by atoms with Gasteiger partial charge in [-0.15, -0.1) is 10.2 Å². The number of hydrogen-bond acceptors (Lipinski definition) is 5. The van der Waals surface area contributed by atoms with E-state index in [0.29, 0.717) is 32.1 Å². The highest BCUT2D eigenvalue weighted by Gasteiger charge is 2.20. The van der Waals surface area contributed by atoms with Crippen molar-refractivity contribution >= 4 is 50.9 Å². The lowest BCUT2D eigenvalue weighted by atomic mass is 10.2. The molecule has 3 rings (SSSR count). The smallest absolute Gasteiger partial charge is 0.234 e. The highest BCUT2D eigenvalue weighted by atomic mass is 79.9. The molecular weight excluding hydrogens is 452 g/mol. The minimum absolute atomic E-state index is 0.111. The van der Waals surface area contributed by atoms with Gasteiger partial charge in [-0.2, -0.15) is 0 Å². The van der Waals surface area contributed by atoms with Gasteiger partial charge in [-0.3, -0.25) is 9.36 Å². The first-order chi connectivity index (χ1) is 12.9. The summed E-state index contributed by atoms with van der Waals surface area (Å²) in [6.07, 6.45) is 0. The maximum absolute atomic E-state index is 12.4. The number of halogens is 2. The average molecular weight is 470 g/mol. The largest absolute Gasteiger partial charge is 0.446 e. The van der Waals surface area contributed by atoms with Gasteiger partial charge in [-0.25, -0.2) is 0 Å². The van der Waals surface area contributed by atoms with Crippen molar-refractivity contribution in [2.75, 3.05) is 11.1 Å². The van der Waals surface area contributed by atoms with Crippen molar-refractivity contribution < 1.29 is 9.21 Å². The quantitative estimate of drug-likeness (QED) is 0.477. The second-order valence-corrected chi connectivity index (χ2v) is 8.25. The Labute approximate surface area is 174 Å². The van der Waals surface area contributed by atoms with Crippen LogP contribution in [0.4, 0.5) is 5.69 Å². The number of amides is 1. The van der Waals surface area contributed by atoms with E-state index in [1.54, 1.807) is 12.1 Å². The average Bonchev–Trinajstić information content (AvgIpc) is 3.23. The minimum Gasteiger partial charge on any atom is -0.446 e. The Morgan fingerprint density at radius 2 is 2.11 bits per heavy atom. The van der Waals surface area contributed by atoms with Crippen LogP contribution in [0, 0.1) is 6.92 Å². The van der Waals surface area contributed by atoms with Gasteiger partial charge in [0.25, 0.3) is 0 Å². The molecule has 0 atom stereocenters. The maximum atomic E-state index is 12.4. The molecule has 0 spiro atoms. The van der Waals surface area contributed by atoms with E-state index in [2.05, 4.69) is 31.4 Å². The molecule has 0 saturated carbocycles. The fourth-order valence-corrected chi connectivity index (χ4v) is 3.85. The van der Waals surface area contributed by atoms with Gasteiger partial charge >= 0.3 is 0 Å². The van der Waals surface area contributed by atoms with Crippen LogP contribution in [-0.2, 0) is 4.79 Å². The number of thioether (sulfide) groups is 1. The number of carbonyl (C=O) groups is 1. The van der Waals surface area contributed by atoms with Gasteiger partial charge < -0.3 is 9.73 Å². The maximum Gasteiger partial charge on any atom is 0.234 e. The van der Waals surface area contributed by atoms with Crippen molar-refractivity contribution in [3.05, 3.63) is 45.6 Å². The summed E-state index contributed by atoms with van der Waals surface area (Å²) in [5.74, 6) is 1.32. The summed E-state index contributed by atoms with van der Waals surface area (Å²) in [6.45, 7) is 5.93. The fourth-order valence-electron chi connectivity index (χ4n) is 2.50. The lowest BCUT2D eigenvalue weighted by Crippen LogP contribution is -2.15. The molecule has 0 aliphatic heterocycles. The van der Waals surface area contributed by atoms with E-state index in [-0.39, 0.29) is 17.7 Å².